The van der Waals surface area contributed by atoms with E-state index < -0.39 is 42.1 Å². The summed E-state index contributed by atoms with van der Waals surface area (Å²) >= 11 is 0. The predicted molar refractivity (Wildman–Crippen MR) is 126 cm³/mol. The van der Waals surface area contributed by atoms with Crippen LogP contribution in [0.3, 0.4) is 0 Å². The Morgan fingerprint density at radius 2 is 1.58 bits per heavy atom. The normalized spacial score (nSPS) is 15.4. The molecule has 4 aromatic rings. The Balaban J connectivity index is 1.55. The number of carbonyl (C=O) groups excluding carboxylic acids is 1. The molecule has 1 fully saturated rings. The first-order chi connectivity index (χ1) is 17.1. The summed E-state index contributed by atoms with van der Waals surface area (Å²) in [6, 6.07) is 12.2. The van der Waals surface area contributed by atoms with Crippen molar-refractivity contribution in [3.05, 3.63) is 83.4 Å². The maximum Gasteiger partial charge on any atom is 0.253 e. The molecule has 36 heavy (non-hydrogen) atoms. The minimum Gasteiger partial charge on any atom is -0.460 e. The number of nitrogens with zero attached hydrogens (tertiary/aromatic N) is 1. The van der Waals surface area contributed by atoms with Crippen LogP contribution in [0.2, 0.25) is 0 Å². The summed E-state index contributed by atoms with van der Waals surface area (Å²) in [5, 5.41) is 0.622. The number of aryl methyl sites for hydroxylation is 1. The Hall–Kier alpha value is -3.68. The summed E-state index contributed by atoms with van der Waals surface area (Å²) in [5.41, 5.74) is 1.49. The zero-order chi connectivity index (χ0) is 25.6. The summed E-state index contributed by atoms with van der Waals surface area (Å²) in [4.78, 5) is 14.1. The van der Waals surface area contributed by atoms with Crippen LogP contribution in [0.25, 0.3) is 33.2 Å². The van der Waals surface area contributed by atoms with E-state index in [2.05, 4.69) is 0 Å². The lowest BCUT2D eigenvalue weighted by atomic mass is 9.95. The van der Waals surface area contributed by atoms with Crippen molar-refractivity contribution in [2.45, 2.75) is 32.1 Å². The van der Waals surface area contributed by atoms with Gasteiger partial charge in [-0.2, -0.15) is 0 Å². The highest BCUT2D eigenvalue weighted by Crippen LogP contribution is 2.38. The van der Waals surface area contributed by atoms with E-state index in [4.69, 9.17) is 4.42 Å². The van der Waals surface area contributed by atoms with E-state index in [1.54, 1.807) is 18.2 Å². The number of benzene rings is 3. The van der Waals surface area contributed by atoms with Crippen molar-refractivity contribution < 1.29 is 31.2 Å². The van der Waals surface area contributed by atoms with Gasteiger partial charge in [0.2, 0.25) is 0 Å². The first kappa shape index (κ1) is 24.0. The van der Waals surface area contributed by atoms with E-state index in [0.29, 0.717) is 34.3 Å². The van der Waals surface area contributed by atoms with Gasteiger partial charge in [-0.15, -0.1) is 0 Å². The fourth-order valence-electron chi connectivity index (χ4n) is 4.55. The molecule has 0 unspecified atom stereocenters. The lowest BCUT2D eigenvalue weighted by molar-refractivity contribution is -0.0494. The van der Waals surface area contributed by atoms with E-state index in [9.17, 15) is 22.4 Å². The van der Waals surface area contributed by atoms with Crippen molar-refractivity contribution in [2.75, 3.05) is 13.1 Å². The Morgan fingerprint density at radius 1 is 0.889 bits per heavy atom. The Bertz CT molecular complexity index is 1470. The zero-order valence-electron chi connectivity index (χ0n) is 19.4. The monoisotopic (exact) mass is 499 g/mol. The molecule has 0 spiro atoms. The van der Waals surface area contributed by atoms with Crippen LogP contribution in [-0.4, -0.2) is 29.8 Å². The lowest BCUT2D eigenvalue weighted by Crippen LogP contribution is -2.42. The van der Waals surface area contributed by atoms with Gasteiger partial charge in [0.25, 0.3) is 11.8 Å². The third-order valence-corrected chi connectivity index (χ3v) is 6.55. The van der Waals surface area contributed by atoms with Gasteiger partial charge in [0.1, 0.15) is 28.8 Å². The molecule has 0 aliphatic carbocycles. The smallest absolute Gasteiger partial charge is 0.253 e. The molecule has 2 heterocycles. The number of halogens is 5. The zero-order valence-corrected chi connectivity index (χ0v) is 19.4. The number of likely N-dealkylation sites (tertiary alicyclic amines) is 1. The lowest BCUT2D eigenvalue weighted by Gasteiger charge is -2.31. The molecule has 0 bridgehead atoms. The van der Waals surface area contributed by atoms with Gasteiger partial charge in [-0.3, -0.25) is 4.79 Å². The number of hydrogen-bond acceptors (Lipinski definition) is 2. The predicted octanol–water partition coefficient (Wildman–Crippen LogP) is 7.62. The molecule has 0 N–H and O–H groups in total. The van der Waals surface area contributed by atoms with Crippen LogP contribution in [0.5, 0.6) is 0 Å². The van der Waals surface area contributed by atoms with Crippen molar-refractivity contribution in [1.29, 1.82) is 0 Å². The number of carbonyl (C=O) groups is 1. The van der Waals surface area contributed by atoms with Gasteiger partial charge in [-0.25, -0.2) is 22.0 Å². The fourth-order valence-corrected chi connectivity index (χ4v) is 4.55. The van der Waals surface area contributed by atoms with E-state index in [-0.39, 0.29) is 29.8 Å². The fraction of sp³-hybridized carbons (Fsp3) is 0.250. The second kappa shape index (κ2) is 9.08. The topological polar surface area (TPSA) is 33.5 Å². The van der Waals surface area contributed by atoms with Crippen molar-refractivity contribution in [3.8, 4) is 22.3 Å². The van der Waals surface area contributed by atoms with Gasteiger partial charge < -0.3 is 9.32 Å². The Labute approximate surface area is 204 Å². The average Bonchev–Trinajstić information content (AvgIpc) is 3.26. The summed E-state index contributed by atoms with van der Waals surface area (Å²) in [7, 11) is 0. The number of amides is 1. The van der Waals surface area contributed by atoms with E-state index in [1.165, 1.54) is 23.1 Å². The highest BCUT2D eigenvalue weighted by atomic mass is 19.3. The average molecular weight is 499 g/mol. The number of furan rings is 1. The molecule has 0 saturated carbocycles. The molecule has 8 heteroatoms. The van der Waals surface area contributed by atoms with Crippen LogP contribution in [0, 0.1) is 17.5 Å². The minimum atomic E-state index is -2.79. The SMILES string of the molecule is CCc1cc2cc(-c3ccc(C(=O)N4CCC(F)(F)CC4)cc3F)cc(-c3ccc(F)cc3F)c2o1. The van der Waals surface area contributed by atoms with Gasteiger partial charge in [-0.05, 0) is 48.0 Å². The summed E-state index contributed by atoms with van der Waals surface area (Å²) in [6.45, 7) is 1.70. The first-order valence-electron chi connectivity index (χ1n) is 11.6. The molecule has 1 aliphatic heterocycles. The summed E-state index contributed by atoms with van der Waals surface area (Å²) < 4.78 is 76.3. The molecule has 5 rings (SSSR count). The van der Waals surface area contributed by atoms with E-state index >= 15 is 4.39 Å². The van der Waals surface area contributed by atoms with Crippen molar-refractivity contribution in [2.24, 2.45) is 0 Å². The molecule has 0 atom stereocenters. The van der Waals surface area contributed by atoms with Crippen LogP contribution in [0.4, 0.5) is 22.0 Å². The highest BCUT2D eigenvalue weighted by Gasteiger charge is 2.36. The van der Waals surface area contributed by atoms with Crippen molar-refractivity contribution in [3.63, 3.8) is 0 Å². The standard InChI is InChI=1S/C28H22F5NO2/c1-2-20-12-18-11-17(13-23(26(18)36-20)22-6-4-19(29)15-25(22)31)21-5-3-16(14-24(21)30)27(35)34-9-7-28(32,33)8-10-34/h3-6,11-15H,2,7-10H2,1H3. The van der Waals surface area contributed by atoms with Crippen LogP contribution in [0.15, 0.2) is 59.0 Å². The minimum absolute atomic E-state index is 0.0592. The molecule has 3 aromatic carbocycles. The van der Waals surface area contributed by atoms with E-state index in [1.807, 2.05) is 6.92 Å². The van der Waals surface area contributed by atoms with Gasteiger partial charge in [0.15, 0.2) is 0 Å². The third-order valence-electron chi connectivity index (χ3n) is 6.55. The van der Waals surface area contributed by atoms with Crippen LogP contribution < -0.4 is 0 Å². The molecule has 1 amide bonds. The summed E-state index contributed by atoms with van der Waals surface area (Å²) in [5.74, 6) is -4.84. The Morgan fingerprint density at radius 3 is 2.25 bits per heavy atom. The highest BCUT2D eigenvalue weighted by molar-refractivity contribution is 5.98. The van der Waals surface area contributed by atoms with Gasteiger partial charge in [0, 0.05) is 66.1 Å². The number of fused-ring (bicyclic) bond motifs is 1. The molecule has 1 aromatic heterocycles. The second-order valence-electron chi connectivity index (χ2n) is 8.98. The maximum absolute atomic E-state index is 15.3. The Kier molecular flexibility index (Phi) is 6.06. The molecule has 1 aliphatic rings. The van der Waals surface area contributed by atoms with Crippen LogP contribution in [-0.2, 0) is 6.42 Å². The number of piperidine rings is 1. The molecular formula is C28H22F5NO2. The molecule has 1 saturated heterocycles. The number of rotatable bonds is 4. The molecule has 3 nitrogen and oxygen atoms in total. The maximum atomic E-state index is 15.3. The van der Waals surface area contributed by atoms with E-state index in [0.717, 1.165) is 18.2 Å². The van der Waals surface area contributed by atoms with Crippen molar-refractivity contribution >= 4 is 16.9 Å². The molecule has 0 radical (unpaired) electrons. The quantitative estimate of drug-likeness (QED) is 0.271. The van der Waals surface area contributed by atoms with Gasteiger partial charge >= 0.3 is 0 Å². The third kappa shape index (κ3) is 4.47. The van der Waals surface area contributed by atoms with Gasteiger partial charge in [-0.1, -0.05) is 13.0 Å². The second-order valence-corrected chi connectivity index (χ2v) is 8.98. The first-order valence-corrected chi connectivity index (χ1v) is 11.6. The molecular weight excluding hydrogens is 477 g/mol. The largest absolute Gasteiger partial charge is 0.460 e. The van der Waals surface area contributed by atoms with Crippen molar-refractivity contribution in [1.82, 2.24) is 4.90 Å². The number of hydrogen-bond donors (Lipinski definition) is 0. The summed E-state index contributed by atoms with van der Waals surface area (Å²) in [6.07, 6.45) is -0.262. The van der Waals surface area contributed by atoms with Crippen LogP contribution in [0.1, 0.15) is 35.9 Å². The van der Waals surface area contributed by atoms with Crippen LogP contribution >= 0.6 is 0 Å². The molecule has 186 valence electrons. The number of alkyl halides is 2. The van der Waals surface area contributed by atoms with Gasteiger partial charge in [0.05, 0.1) is 0 Å².